The van der Waals surface area contributed by atoms with Gasteiger partial charge in [-0.15, -0.1) is 0 Å². The van der Waals surface area contributed by atoms with Crippen molar-refractivity contribution < 1.29 is 14.4 Å². The van der Waals surface area contributed by atoms with Crippen molar-refractivity contribution >= 4 is 23.3 Å². The van der Waals surface area contributed by atoms with Crippen molar-refractivity contribution in [3.8, 4) is 0 Å². The van der Waals surface area contributed by atoms with E-state index in [4.69, 9.17) is 0 Å². The fourth-order valence-corrected chi connectivity index (χ4v) is 2.93. The fourth-order valence-electron chi connectivity index (χ4n) is 2.93. The van der Waals surface area contributed by atoms with E-state index in [1.165, 1.54) is 6.92 Å². The maximum absolute atomic E-state index is 12.6. The van der Waals surface area contributed by atoms with Gasteiger partial charge >= 0.3 is 0 Å². The lowest BCUT2D eigenvalue weighted by Crippen LogP contribution is -2.26. The first-order chi connectivity index (χ1) is 13.9. The van der Waals surface area contributed by atoms with Crippen molar-refractivity contribution in [3.63, 3.8) is 0 Å². The third-order valence-corrected chi connectivity index (χ3v) is 4.53. The van der Waals surface area contributed by atoms with E-state index in [2.05, 4.69) is 5.32 Å². The lowest BCUT2D eigenvalue weighted by atomic mass is 10.1. The zero-order valence-corrected chi connectivity index (χ0v) is 16.4. The van der Waals surface area contributed by atoms with Gasteiger partial charge < -0.3 is 10.2 Å². The molecule has 5 nitrogen and oxygen atoms in total. The van der Waals surface area contributed by atoms with Crippen molar-refractivity contribution in [1.29, 1.82) is 0 Å². The molecule has 0 bridgehead atoms. The van der Waals surface area contributed by atoms with Crippen LogP contribution in [0, 0.1) is 0 Å². The van der Waals surface area contributed by atoms with Crippen LogP contribution in [0.2, 0.25) is 0 Å². The Bertz CT molecular complexity index is 1030. The Kier molecular flexibility index (Phi) is 6.19. The second-order valence-electron chi connectivity index (χ2n) is 6.82. The molecule has 0 saturated carbocycles. The fraction of sp³-hybridized carbons (Fsp3) is 0.125. The van der Waals surface area contributed by atoms with Crippen LogP contribution in [0.3, 0.4) is 0 Å². The molecule has 3 aromatic rings. The predicted molar refractivity (Wildman–Crippen MR) is 113 cm³/mol. The highest BCUT2D eigenvalue weighted by Gasteiger charge is 2.13. The van der Waals surface area contributed by atoms with Crippen molar-refractivity contribution in [2.24, 2.45) is 0 Å². The molecule has 1 N–H and O–H groups in total. The normalized spacial score (nSPS) is 10.3. The van der Waals surface area contributed by atoms with Crippen LogP contribution < -0.4 is 5.32 Å². The number of nitrogens with one attached hydrogen (secondary N) is 1. The van der Waals surface area contributed by atoms with Gasteiger partial charge in [0.25, 0.3) is 11.8 Å². The molecular weight excluding hydrogens is 364 g/mol. The first-order valence-electron chi connectivity index (χ1n) is 9.26. The molecule has 5 heteroatoms. The van der Waals surface area contributed by atoms with Gasteiger partial charge in [-0.2, -0.15) is 0 Å². The van der Waals surface area contributed by atoms with Crippen molar-refractivity contribution in [2.75, 3.05) is 12.4 Å². The zero-order chi connectivity index (χ0) is 20.8. The molecule has 0 aliphatic heterocycles. The van der Waals surface area contributed by atoms with E-state index >= 15 is 0 Å². The number of amides is 2. The third kappa shape index (κ3) is 5.17. The largest absolute Gasteiger partial charge is 0.337 e. The first kappa shape index (κ1) is 20.0. The molecule has 0 radical (unpaired) electrons. The summed E-state index contributed by atoms with van der Waals surface area (Å²) in [5.74, 6) is -0.485. The number of hydrogen-bond acceptors (Lipinski definition) is 3. The molecule has 0 heterocycles. The minimum atomic E-state index is -0.303. The molecule has 0 fully saturated rings. The number of benzene rings is 3. The number of ketones is 1. The van der Waals surface area contributed by atoms with Crippen LogP contribution in [0.15, 0.2) is 78.9 Å². The van der Waals surface area contributed by atoms with E-state index in [9.17, 15) is 14.4 Å². The first-order valence-corrected chi connectivity index (χ1v) is 9.26. The highest BCUT2D eigenvalue weighted by atomic mass is 16.2. The van der Waals surface area contributed by atoms with Crippen molar-refractivity contribution in [3.05, 3.63) is 101 Å². The van der Waals surface area contributed by atoms with Crippen LogP contribution in [0.5, 0.6) is 0 Å². The molecule has 0 unspecified atom stereocenters. The highest BCUT2D eigenvalue weighted by Crippen LogP contribution is 2.14. The average Bonchev–Trinajstić information content (AvgIpc) is 2.74. The predicted octanol–water partition coefficient (Wildman–Crippen LogP) is 4.41. The Morgan fingerprint density at radius 2 is 1.45 bits per heavy atom. The lowest BCUT2D eigenvalue weighted by molar-refractivity contribution is 0.0784. The Morgan fingerprint density at radius 1 is 0.793 bits per heavy atom. The summed E-state index contributed by atoms with van der Waals surface area (Å²) in [6, 6.07) is 23.1. The number of nitrogens with zero attached hydrogens (tertiary/aromatic N) is 1. The molecule has 2 amide bonds. The van der Waals surface area contributed by atoms with Crippen LogP contribution in [0.1, 0.15) is 43.6 Å². The number of rotatable bonds is 6. The number of hydrogen-bond donors (Lipinski definition) is 1. The van der Waals surface area contributed by atoms with Gasteiger partial charge in [0.05, 0.1) is 0 Å². The number of carbonyl (C=O) groups is 3. The molecule has 0 aromatic heterocycles. The smallest absolute Gasteiger partial charge is 0.255 e. The number of Topliss-reactive ketones (excluding diaryl/α,β-unsaturated/α-hetero) is 1. The zero-order valence-electron chi connectivity index (χ0n) is 16.4. The van der Waals surface area contributed by atoms with Gasteiger partial charge in [0.15, 0.2) is 5.78 Å². The molecule has 0 atom stereocenters. The Labute approximate surface area is 170 Å². The summed E-state index contributed by atoms with van der Waals surface area (Å²) in [6.45, 7) is 1.99. The van der Waals surface area contributed by atoms with E-state index in [0.717, 1.165) is 5.56 Å². The molecule has 146 valence electrons. The molecule has 3 rings (SSSR count). The summed E-state index contributed by atoms with van der Waals surface area (Å²) in [6.07, 6.45) is 0. The Balaban J connectivity index is 1.66. The number of anilines is 1. The second-order valence-corrected chi connectivity index (χ2v) is 6.82. The second kappa shape index (κ2) is 8.97. The minimum Gasteiger partial charge on any atom is -0.337 e. The average molecular weight is 386 g/mol. The third-order valence-electron chi connectivity index (χ3n) is 4.53. The van der Waals surface area contributed by atoms with Crippen molar-refractivity contribution in [1.82, 2.24) is 4.90 Å². The van der Waals surface area contributed by atoms with Gasteiger partial charge in [0.2, 0.25) is 0 Å². The topological polar surface area (TPSA) is 66.5 Å². The van der Waals surface area contributed by atoms with Crippen LogP contribution >= 0.6 is 0 Å². The maximum atomic E-state index is 12.6. The molecule has 0 aliphatic carbocycles. The van der Waals surface area contributed by atoms with E-state index in [1.54, 1.807) is 60.5 Å². The molecule has 0 saturated heterocycles. The highest BCUT2D eigenvalue weighted by molar-refractivity contribution is 6.05. The minimum absolute atomic E-state index is 0.0661. The summed E-state index contributed by atoms with van der Waals surface area (Å²) in [5, 5.41) is 2.77. The van der Waals surface area contributed by atoms with Crippen LogP contribution in [-0.4, -0.2) is 29.5 Å². The monoisotopic (exact) mass is 386 g/mol. The number of carbonyl (C=O) groups excluding carboxylic acids is 3. The van der Waals surface area contributed by atoms with E-state index in [-0.39, 0.29) is 17.6 Å². The van der Waals surface area contributed by atoms with Gasteiger partial charge in [0, 0.05) is 36.0 Å². The summed E-state index contributed by atoms with van der Waals surface area (Å²) >= 11 is 0. The van der Waals surface area contributed by atoms with Crippen LogP contribution in [0.25, 0.3) is 0 Å². The van der Waals surface area contributed by atoms with Crippen molar-refractivity contribution in [2.45, 2.75) is 13.5 Å². The van der Waals surface area contributed by atoms with Gasteiger partial charge in [0.1, 0.15) is 0 Å². The SMILES string of the molecule is CC(=O)c1cccc(NC(=O)c2ccc(C(=O)N(C)Cc3ccccc3)cc2)c1. The van der Waals surface area contributed by atoms with E-state index in [1.807, 2.05) is 30.3 Å². The summed E-state index contributed by atoms with van der Waals surface area (Å²) in [4.78, 5) is 38.2. The summed E-state index contributed by atoms with van der Waals surface area (Å²) in [5.41, 5.74) is 3.07. The van der Waals surface area contributed by atoms with Crippen LogP contribution in [-0.2, 0) is 6.54 Å². The van der Waals surface area contributed by atoms with E-state index in [0.29, 0.717) is 28.9 Å². The summed E-state index contributed by atoms with van der Waals surface area (Å²) in [7, 11) is 1.75. The van der Waals surface area contributed by atoms with Gasteiger partial charge in [-0.1, -0.05) is 42.5 Å². The molecule has 0 spiro atoms. The molecule has 0 aliphatic rings. The molecule has 29 heavy (non-hydrogen) atoms. The summed E-state index contributed by atoms with van der Waals surface area (Å²) < 4.78 is 0. The van der Waals surface area contributed by atoms with Gasteiger partial charge in [-0.25, -0.2) is 0 Å². The Hall–Kier alpha value is -3.73. The standard InChI is InChI=1S/C24H22N2O3/c1-17(27)21-9-6-10-22(15-21)25-23(28)19-11-13-20(14-12-19)24(29)26(2)16-18-7-4-3-5-8-18/h3-15H,16H2,1-2H3,(H,25,28). The van der Waals surface area contributed by atoms with Gasteiger partial charge in [-0.05, 0) is 48.9 Å². The quantitative estimate of drug-likeness (QED) is 0.638. The van der Waals surface area contributed by atoms with E-state index < -0.39 is 0 Å². The molecular formula is C24H22N2O3. The van der Waals surface area contributed by atoms with Gasteiger partial charge in [-0.3, -0.25) is 14.4 Å². The maximum Gasteiger partial charge on any atom is 0.255 e. The Morgan fingerprint density at radius 3 is 2.10 bits per heavy atom. The van der Waals surface area contributed by atoms with Crippen LogP contribution in [0.4, 0.5) is 5.69 Å². The molecule has 3 aromatic carbocycles. The lowest BCUT2D eigenvalue weighted by Gasteiger charge is -2.17.